The lowest BCUT2D eigenvalue weighted by Crippen LogP contribution is -2.40. The Balaban J connectivity index is 3.02. The van der Waals surface area contributed by atoms with Crippen LogP contribution in [0.2, 0.25) is 0 Å². The SMILES string of the molecule is CC1(C)C(C(CC(=O)O)C(F)F)CCS1(=O)=O. The molecule has 0 aliphatic carbocycles. The lowest BCUT2D eigenvalue weighted by molar-refractivity contribution is -0.140. The second-order valence-corrected chi connectivity index (χ2v) is 7.60. The molecule has 4 nitrogen and oxygen atoms in total. The Morgan fingerprint density at radius 3 is 2.29 bits per heavy atom. The van der Waals surface area contributed by atoms with Gasteiger partial charge in [-0.3, -0.25) is 4.79 Å². The third kappa shape index (κ3) is 2.59. The Morgan fingerprint density at radius 1 is 1.47 bits per heavy atom. The zero-order valence-corrected chi connectivity index (χ0v) is 10.5. The van der Waals surface area contributed by atoms with Gasteiger partial charge in [0, 0.05) is 5.92 Å². The van der Waals surface area contributed by atoms with Gasteiger partial charge in [-0.1, -0.05) is 0 Å². The largest absolute Gasteiger partial charge is 0.481 e. The predicted molar refractivity (Wildman–Crippen MR) is 57.7 cm³/mol. The topological polar surface area (TPSA) is 71.4 Å². The van der Waals surface area contributed by atoms with Crippen LogP contribution >= 0.6 is 0 Å². The molecule has 1 aliphatic rings. The van der Waals surface area contributed by atoms with E-state index in [0.717, 1.165) is 0 Å². The third-order valence-corrected chi connectivity index (χ3v) is 6.32. The number of rotatable bonds is 4. The Morgan fingerprint density at radius 2 is 2.00 bits per heavy atom. The van der Waals surface area contributed by atoms with Crippen molar-refractivity contribution in [2.75, 3.05) is 5.75 Å². The summed E-state index contributed by atoms with van der Waals surface area (Å²) in [6, 6.07) is 0. The molecule has 1 heterocycles. The van der Waals surface area contributed by atoms with Crippen molar-refractivity contribution in [2.24, 2.45) is 11.8 Å². The number of halogens is 2. The summed E-state index contributed by atoms with van der Waals surface area (Å²) in [5.41, 5.74) is 0. The monoisotopic (exact) mass is 270 g/mol. The molecule has 1 saturated heterocycles. The number of carbonyl (C=O) groups is 1. The minimum absolute atomic E-state index is 0.109. The van der Waals surface area contributed by atoms with Crippen molar-refractivity contribution in [1.29, 1.82) is 0 Å². The van der Waals surface area contributed by atoms with E-state index < -0.39 is 45.2 Å². The molecule has 0 amide bonds. The van der Waals surface area contributed by atoms with Gasteiger partial charge in [0.25, 0.3) is 0 Å². The van der Waals surface area contributed by atoms with Gasteiger partial charge in [0.1, 0.15) is 0 Å². The molecule has 0 aromatic rings. The molecule has 0 aromatic carbocycles. The zero-order valence-electron chi connectivity index (χ0n) is 9.69. The van der Waals surface area contributed by atoms with Crippen LogP contribution in [0.15, 0.2) is 0 Å². The van der Waals surface area contributed by atoms with Crippen molar-refractivity contribution >= 4 is 15.8 Å². The first-order valence-corrected chi connectivity index (χ1v) is 6.97. The van der Waals surface area contributed by atoms with Gasteiger partial charge in [-0.2, -0.15) is 0 Å². The highest BCUT2D eigenvalue weighted by Gasteiger charge is 2.52. The van der Waals surface area contributed by atoms with Crippen LogP contribution in [0.4, 0.5) is 8.78 Å². The highest BCUT2D eigenvalue weighted by Crippen LogP contribution is 2.44. The summed E-state index contributed by atoms with van der Waals surface area (Å²) >= 11 is 0. The fourth-order valence-electron chi connectivity index (χ4n) is 2.46. The second-order valence-electron chi connectivity index (χ2n) is 4.91. The van der Waals surface area contributed by atoms with Gasteiger partial charge in [-0.25, -0.2) is 17.2 Å². The molecule has 2 atom stereocenters. The van der Waals surface area contributed by atoms with E-state index in [1.54, 1.807) is 0 Å². The molecule has 100 valence electrons. The molecule has 0 spiro atoms. The lowest BCUT2D eigenvalue weighted by atomic mass is 9.79. The highest BCUT2D eigenvalue weighted by atomic mass is 32.2. The Kier molecular flexibility index (Phi) is 3.81. The molecule has 1 N–H and O–H groups in total. The van der Waals surface area contributed by atoms with Gasteiger partial charge in [-0.05, 0) is 26.2 Å². The van der Waals surface area contributed by atoms with Gasteiger partial charge < -0.3 is 5.11 Å². The zero-order chi connectivity index (χ0) is 13.4. The van der Waals surface area contributed by atoms with E-state index in [-0.39, 0.29) is 12.2 Å². The van der Waals surface area contributed by atoms with Gasteiger partial charge in [-0.15, -0.1) is 0 Å². The van der Waals surface area contributed by atoms with Crippen LogP contribution in [0.1, 0.15) is 26.7 Å². The van der Waals surface area contributed by atoms with E-state index >= 15 is 0 Å². The summed E-state index contributed by atoms with van der Waals surface area (Å²) in [5, 5.41) is 8.61. The number of aliphatic carboxylic acids is 1. The number of sulfone groups is 1. The van der Waals surface area contributed by atoms with Gasteiger partial charge in [0.2, 0.25) is 6.43 Å². The first-order chi connectivity index (χ1) is 7.59. The Bertz CT molecular complexity index is 403. The van der Waals surface area contributed by atoms with Crippen LogP contribution in [0, 0.1) is 11.8 Å². The highest BCUT2D eigenvalue weighted by molar-refractivity contribution is 7.93. The molecule has 0 bridgehead atoms. The van der Waals surface area contributed by atoms with Crippen molar-refractivity contribution < 1.29 is 27.1 Å². The van der Waals surface area contributed by atoms with Gasteiger partial charge in [0.05, 0.1) is 16.9 Å². The molecule has 17 heavy (non-hydrogen) atoms. The van der Waals surface area contributed by atoms with E-state index in [0.29, 0.717) is 0 Å². The van der Waals surface area contributed by atoms with E-state index in [9.17, 15) is 22.0 Å². The summed E-state index contributed by atoms with van der Waals surface area (Å²) in [5.74, 6) is -3.67. The molecule has 1 aliphatic heterocycles. The summed E-state index contributed by atoms with van der Waals surface area (Å²) in [6.07, 6.45) is -3.40. The van der Waals surface area contributed by atoms with Crippen LogP contribution in [-0.4, -0.2) is 36.4 Å². The molecule has 1 rings (SSSR count). The fraction of sp³-hybridized carbons (Fsp3) is 0.900. The molecule has 2 unspecified atom stereocenters. The second kappa shape index (κ2) is 4.51. The maximum absolute atomic E-state index is 12.8. The van der Waals surface area contributed by atoms with Crippen LogP contribution < -0.4 is 0 Å². The Labute approximate surface area is 98.9 Å². The quantitative estimate of drug-likeness (QED) is 0.841. The first kappa shape index (κ1) is 14.3. The minimum Gasteiger partial charge on any atom is -0.481 e. The van der Waals surface area contributed by atoms with Crippen molar-refractivity contribution in [3.05, 3.63) is 0 Å². The number of hydrogen-bond donors (Lipinski definition) is 1. The molecule has 7 heteroatoms. The third-order valence-electron chi connectivity index (χ3n) is 3.64. The standard InChI is InChI=1S/C10H16F2O4S/c1-10(2)7(3-4-17(10,15)16)6(9(11)12)5-8(13)14/h6-7,9H,3-5H2,1-2H3,(H,13,14). The van der Waals surface area contributed by atoms with Gasteiger partial charge in [0.15, 0.2) is 9.84 Å². The fourth-order valence-corrected chi connectivity index (χ4v) is 4.31. The smallest absolute Gasteiger partial charge is 0.303 e. The maximum atomic E-state index is 12.8. The van der Waals surface area contributed by atoms with Crippen LogP contribution in [0.3, 0.4) is 0 Å². The number of carboxylic acids is 1. The number of alkyl halides is 2. The van der Waals surface area contributed by atoms with E-state index in [4.69, 9.17) is 5.11 Å². The van der Waals surface area contributed by atoms with E-state index in [1.807, 2.05) is 0 Å². The average molecular weight is 270 g/mol. The van der Waals surface area contributed by atoms with Crippen molar-refractivity contribution in [2.45, 2.75) is 37.9 Å². The van der Waals surface area contributed by atoms with Gasteiger partial charge >= 0.3 is 5.97 Å². The maximum Gasteiger partial charge on any atom is 0.303 e. The van der Waals surface area contributed by atoms with E-state index in [1.165, 1.54) is 13.8 Å². The van der Waals surface area contributed by atoms with Crippen molar-refractivity contribution in [1.82, 2.24) is 0 Å². The summed E-state index contributed by atoms with van der Waals surface area (Å²) < 4.78 is 47.9. The molecule has 0 saturated carbocycles. The van der Waals surface area contributed by atoms with Crippen molar-refractivity contribution in [3.8, 4) is 0 Å². The van der Waals surface area contributed by atoms with E-state index in [2.05, 4.69) is 0 Å². The summed E-state index contributed by atoms with van der Waals surface area (Å²) in [6.45, 7) is 2.80. The van der Waals surface area contributed by atoms with Crippen molar-refractivity contribution in [3.63, 3.8) is 0 Å². The summed E-state index contributed by atoms with van der Waals surface area (Å²) in [7, 11) is -3.41. The molecule has 1 fully saturated rings. The molecule has 0 radical (unpaired) electrons. The molecular formula is C10H16F2O4S. The Hall–Kier alpha value is -0.720. The van der Waals surface area contributed by atoms with Crippen LogP contribution in [0.25, 0.3) is 0 Å². The molecule has 0 aromatic heterocycles. The van der Waals surface area contributed by atoms with Crippen LogP contribution in [0.5, 0.6) is 0 Å². The molecular weight excluding hydrogens is 254 g/mol. The number of carboxylic acid groups (broad SMARTS) is 1. The predicted octanol–water partition coefficient (Wildman–Crippen LogP) is 1.56. The van der Waals surface area contributed by atoms with Crippen LogP contribution in [-0.2, 0) is 14.6 Å². The minimum atomic E-state index is -3.41. The summed E-state index contributed by atoms with van der Waals surface area (Å²) in [4.78, 5) is 10.6. The first-order valence-electron chi connectivity index (χ1n) is 5.32. The average Bonchev–Trinajstić information content (AvgIpc) is 2.33. The lowest BCUT2D eigenvalue weighted by Gasteiger charge is -2.31. The normalized spacial score (nSPS) is 28.2. The number of hydrogen-bond acceptors (Lipinski definition) is 3.